The second-order valence-corrected chi connectivity index (χ2v) is 6.00. The Morgan fingerprint density at radius 2 is 2.24 bits per heavy atom. The van der Waals surface area contributed by atoms with Gasteiger partial charge >= 0.3 is 0 Å². The number of imidazole rings is 1. The van der Waals surface area contributed by atoms with Gasteiger partial charge in [0.1, 0.15) is 11.3 Å². The zero-order valence-electron chi connectivity index (χ0n) is 9.81. The Bertz CT molecular complexity index is 583. The van der Waals surface area contributed by atoms with Crippen molar-refractivity contribution in [2.75, 3.05) is 0 Å². The van der Waals surface area contributed by atoms with Gasteiger partial charge in [0, 0.05) is 16.7 Å². The number of fused-ring (bicyclic) bond motifs is 1. The molecule has 1 fully saturated rings. The maximum atomic E-state index is 9.83. The average Bonchev–Trinajstić information content (AvgIpc) is 2.49. The molecule has 0 aliphatic heterocycles. The number of hydrogen-bond acceptors (Lipinski definition) is 3. The molecule has 0 saturated heterocycles. The lowest BCUT2D eigenvalue weighted by molar-refractivity contribution is -0.0504. The topological polar surface area (TPSA) is 50.9 Å². The largest absolute Gasteiger partial charge is 0.390 e. The standard InChI is InChI=1S/C12H14BrN3O/c1-7-15-10-3-8(13)6-14-11(10)16(7)9-4-12(2,17)5-9/h3,6,9,17H,4-5H2,1-2H3/t9-,12+. The highest BCUT2D eigenvalue weighted by atomic mass is 79.9. The summed E-state index contributed by atoms with van der Waals surface area (Å²) in [5, 5.41) is 9.83. The van der Waals surface area contributed by atoms with Crippen LogP contribution in [0.25, 0.3) is 11.2 Å². The van der Waals surface area contributed by atoms with Gasteiger partial charge in [-0.2, -0.15) is 0 Å². The number of aromatic nitrogens is 3. The van der Waals surface area contributed by atoms with Gasteiger partial charge in [0.2, 0.25) is 0 Å². The zero-order valence-corrected chi connectivity index (χ0v) is 11.4. The highest BCUT2D eigenvalue weighted by Gasteiger charge is 2.40. The van der Waals surface area contributed by atoms with Gasteiger partial charge in [-0.3, -0.25) is 0 Å². The minimum atomic E-state index is -0.525. The molecule has 2 aromatic heterocycles. The Balaban J connectivity index is 2.08. The quantitative estimate of drug-likeness (QED) is 0.880. The van der Waals surface area contributed by atoms with E-state index < -0.39 is 5.60 Å². The predicted molar refractivity (Wildman–Crippen MR) is 68.9 cm³/mol. The maximum absolute atomic E-state index is 9.83. The molecule has 90 valence electrons. The Morgan fingerprint density at radius 1 is 1.53 bits per heavy atom. The van der Waals surface area contributed by atoms with Crippen LogP contribution >= 0.6 is 15.9 Å². The van der Waals surface area contributed by atoms with Gasteiger partial charge in [0.15, 0.2) is 5.65 Å². The summed E-state index contributed by atoms with van der Waals surface area (Å²) in [4.78, 5) is 8.94. The van der Waals surface area contributed by atoms with Crippen molar-refractivity contribution in [3.63, 3.8) is 0 Å². The van der Waals surface area contributed by atoms with Gasteiger partial charge in [-0.15, -0.1) is 0 Å². The van der Waals surface area contributed by atoms with Crippen molar-refractivity contribution in [3.05, 3.63) is 22.6 Å². The second-order valence-electron chi connectivity index (χ2n) is 5.08. The number of halogens is 1. The van der Waals surface area contributed by atoms with E-state index in [1.807, 2.05) is 19.9 Å². The molecule has 3 rings (SSSR count). The van der Waals surface area contributed by atoms with Crippen LogP contribution in [0, 0.1) is 6.92 Å². The average molecular weight is 296 g/mol. The summed E-state index contributed by atoms with van der Waals surface area (Å²) in [5.41, 5.74) is 1.29. The number of aliphatic hydroxyl groups is 1. The first-order valence-corrected chi connectivity index (χ1v) is 6.48. The van der Waals surface area contributed by atoms with Gasteiger partial charge in [-0.05, 0) is 48.7 Å². The minimum Gasteiger partial charge on any atom is -0.390 e. The first-order valence-electron chi connectivity index (χ1n) is 5.69. The van der Waals surface area contributed by atoms with E-state index in [0.29, 0.717) is 6.04 Å². The van der Waals surface area contributed by atoms with Crippen molar-refractivity contribution in [2.24, 2.45) is 0 Å². The molecule has 1 aliphatic carbocycles. The van der Waals surface area contributed by atoms with E-state index in [4.69, 9.17) is 0 Å². The number of hydrogen-bond donors (Lipinski definition) is 1. The normalized spacial score (nSPS) is 28.4. The third-order valence-corrected chi connectivity index (χ3v) is 3.82. The highest BCUT2D eigenvalue weighted by molar-refractivity contribution is 9.10. The van der Waals surface area contributed by atoms with Gasteiger partial charge in [0.05, 0.1) is 5.60 Å². The molecule has 0 bridgehead atoms. The summed E-state index contributed by atoms with van der Waals surface area (Å²) >= 11 is 3.40. The molecule has 1 N–H and O–H groups in total. The summed E-state index contributed by atoms with van der Waals surface area (Å²) in [6, 6.07) is 2.30. The first kappa shape index (κ1) is 11.2. The van der Waals surface area contributed by atoms with Gasteiger partial charge < -0.3 is 9.67 Å². The van der Waals surface area contributed by atoms with E-state index in [1.54, 1.807) is 6.20 Å². The molecule has 0 unspecified atom stereocenters. The molecule has 0 spiro atoms. The van der Waals surface area contributed by atoms with Crippen LogP contribution in [0.4, 0.5) is 0 Å². The molecule has 2 aromatic rings. The van der Waals surface area contributed by atoms with Crippen LogP contribution in [0.1, 0.15) is 31.6 Å². The van der Waals surface area contributed by atoms with Crippen molar-refractivity contribution >= 4 is 27.1 Å². The van der Waals surface area contributed by atoms with Crippen LogP contribution in [0.3, 0.4) is 0 Å². The van der Waals surface area contributed by atoms with Crippen molar-refractivity contribution in [2.45, 2.75) is 38.3 Å². The summed E-state index contributed by atoms with van der Waals surface area (Å²) in [6.45, 7) is 3.87. The molecule has 0 atom stereocenters. The molecule has 0 aromatic carbocycles. The van der Waals surface area contributed by atoms with Gasteiger partial charge in [0.25, 0.3) is 0 Å². The molecule has 0 amide bonds. The molecular formula is C12H14BrN3O. The van der Waals surface area contributed by atoms with Crippen LogP contribution in [0.5, 0.6) is 0 Å². The van der Waals surface area contributed by atoms with Crippen LogP contribution in [-0.2, 0) is 0 Å². The number of aryl methyl sites for hydroxylation is 1. The molecule has 5 heteroatoms. The van der Waals surface area contributed by atoms with Crippen molar-refractivity contribution in [3.8, 4) is 0 Å². The van der Waals surface area contributed by atoms with Crippen molar-refractivity contribution in [1.82, 2.24) is 14.5 Å². The highest BCUT2D eigenvalue weighted by Crippen LogP contribution is 2.42. The smallest absolute Gasteiger partial charge is 0.160 e. The molecule has 4 nitrogen and oxygen atoms in total. The Kier molecular flexibility index (Phi) is 2.32. The number of rotatable bonds is 1. The van der Waals surface area contributed by atoms with Crippen LogP contribution < -0.4 is 0 Å². The predicted octanol–water partition coefficient (Wildman–Crippen LogP) is 2.59. The molecule has 1 aliphatic rings. The van der Waals surface area contributed by atoms with Gasteiger partial charge in [-0.1, -0.05) is 0 Å². The second kappa shape index (κ2) is 3.53. The summed E-state index contributed by atoms with van der Waals surface area (Å²) in [5.74, 6) is 0.964. The third kappa shape index (κ3) is 1.77. The third-order valence-electron chi connectivity index (χ3n) is 3.39. The fourth-order valence-corrected chi connectivity index (χ4v) is 2.97. The van der Waals surface area contributed by atoms with Crippen LogP contribution in [0.2, 0.25) is 0 Å². The van der Waals surface area contributed by atoms with Gasteiger partial charge in [-0.25, -0.2) is 9.97 Å². The molecule has 2 heterocycles. The molecule has 17 heavy (non-hydrogen) atoms. The fourth-order valence-electron chi connectivity index (χ4n) is 2.65. The van der Waals surface area contributed by atoms with E-state index >= 15 is 0 Å². The SMILES string of the molecule is Cc1nc2cc(Br)cnc2n1[C@H]1C[C@@](C)(O)C1. The van der Waals surface area contributed by atoms with Crippen LogP contribution in [0.15, 0.2) is 16.7 Å². The Morgan fingerprint density at radius 3 is 2.88 bits per heavy atom. The molecule has 0 radical (unpaired) electrons. The van der Waals surface area contributed by atoms with Crippen LogP contribution in [-0.4, -0.2) is 25.2 Å². The Hall–Kier alpha value is -0.940. The van der Waals surface area contributed by atoms with Crippen molar-refractivity contribution in [1.29, 1.82) is 0 Å². The molecule has 1 saturated carbocycles. The Labute approximate surface area is 108 Å². The summed E-state index contributed by atoms with van der Waals surface area (Å²) in [6.07, 6.45) is 3.34. The zero-order chi connectivity index (χ0) is 12.2. The minimum absolute atomic E-state index is 0.323. The van der Waals surface area contributed by atoms with Crippen molar-refractivity contribution < 1.29 is 5.11 Å². The van der Waals surface area contributed by atoms with E-state index in [9.17, 15) is 5.11 Å². The number of pyridine rings is 1. The lowest BCUT2D eigenvalue weighted by atomic mass is 9.77. The molecular weight excluding hydrogens is 282 g/mol. The van der Waals surface area contributed by atoms with E-state index in [2.05, 4.69) is 30.5 Å². The summed E-state index contributed by atoms with van der Waals surface area (Å²) < 4.78 is 3.08. The monoisotopic (exact) mass is 295 g/mol. The maximum Gasteiger partial charge on any atom is 0.160 e. The lowest BCUT2D eigenvalue weighted by Crippen LogP contribution is -2.42. The van der Waals surface area contributed by atoms with E-state index in [0.717, 1.165) is 34.3 Å². The van der Waals surface area contributed by atoms with E-state index in [-0.39, 0.29) is 0 Å². The lowest BCUT2D eigenvalue weighted by Gasteiger charge is -2.42. The number of nitrogens with zero attached hydrogens (tertiary/aromatic N) is 3. The summed E-state index contributed by atoms with van der Waals surface area (Å²) in [7, 11) is 0. The van der Waals surface area contributed by atoms with E-state index in [1.165, 1.54) is 0 Å². The first-order chi connectivity index (χ1) is 7.96. The fraction of sp³-hybridized carbons (Fsp3) is 0.500.